The van der Waals surface area contributed by atoms with Crippen molar-refractivity contribution in [3.05, 3.63) is 118 Å². The standard InChI is InChI=1S/C20H17F2N5O4S.C20H19F2N3O5.C3H4N2S/c21-16(22)15-8-12(31-10-11(29)9-28)3-4-13(15)17-24-18-14(2-1-6-27(18)26-17)19(30)25-20-23-5-7-32-20;1-20(2)29-10-12(30-20)9-28-11-5-6-13(15(8-11)16(21)22)17-23-18-14(19(26)27)4-3-7-25(18)24-17;4-3-5-1-2-6-3/h1-8,11,16,28-29H,9-10H2,(H,23,25,30);3-8,12,16H,9-10H2,1-2H3,(H,26,27);1-2H,(H2,4,5)/t11-;12-;/m10./s1. The van der Waals surface area contributed by atoms with E-state index in [0.29, 0.717) is 16.9 Å². The molecule has 8 aromatic rings. The number of hydrogen-bond acceptors (Lipinski definition) is 17. The van der Waals surface area contributed by atoms with Crippen molar-refractivity contribution in [2.75, 3.05) is 37.5 Å². The van der Waals surface area contributed by atoms with Gasteiger partial charge in [0.25, 0.3) is 18.8 Å². The number of anilines is 2. The summed E-state index contributed by atoms with van der Waals surface area (Å²) in [5.74, 6) is -1.98. The van der Waals surface area contributed by atoms with Crippen molar-refractivity contribution >= 4 is 56.1 Å². The summed E-state index contributed by atoms with van der Waals surface area (Å²) in [4.78, 5) is 40.2. The van der Waals surface area contributed by atoms with Crippen molar-refractivity contribution in [1.29, 1.82) is 0 Å². The average Bonchev–Trinajstić information content (AvgIpc) is 4.19. The molecular weight excluding hydrogens is 941 g/mol. The van der Waals surface area contributed by atoms with Crippen molar-refractivity contribution in [3.63, 3.8) is 0 Å². The number of pyridine rings is 2. The molecule has 68 heavy (non-hydrogen) atoms. The van der Waals surface area contributed by atoms with Gasteiger partial charge in [0, 0.05) is 57.8 Å². The molecule has 0 spiro atoms. The van der Waals surface area contributed by atoms with Crippen LogP contribution in [0.5, 0.6) is 11.5 Å². The van der Waals surface area contributed by atoms with Gasteiger partial charge in [-0.2, -0.15) is 0 Å². The summed E-state index contributed by atoms with van der Waals surface area (Å²) in [5, 5.41) is 43.2. The summed E-state index contributed by atoms with van der Waals surface area (Å²) in [6.07, 6.45) is -0.789. The molecule has 0 saturated carbocycles. The highest BCUT2D eigenvalue weighted by atomic mass is 32.1. The topological polar surface area (TPSA) is 256 Å². The van der Waals surface area contributed by atoms with E-state index in [1.54, 1.807) is 50.0 Å². The van der Waals surface area contributed by atoms with Crippen LogP contribution < -0.4 is 20.5 Å². The van der Waals surface area contributed by atoms with Crippen LogP contribution in [0.15, 0.2) is 96.2 Å². The summed E-state index contributed by atoms with van der Waals surface area (Å²) < 4.78 is 79.5. The lowest BCUT2D eigenvalue weighted by Crippen LogP contribution is -2.25. The number of fused-ring (bicyclic) bond motifs is 2. The van der Waals surface area contributed by atoms with E-state index in [1.807, 2.05) is 5.38 Å². The van der Waals surface area contributed by atoms with Crippen molar-refractivity contribution in [3.8, 4) is 34.3 Å². The van der Waals surface area contributed by atoms with E-state index in [9.17, 15) is 37.4 Å². The number of rotatable bonds is 14. The van der Waals surface area contributed by atoms with Gasteiger partial charge in [-0.3, -0.25) is 10.1 Å². The number of nitrogens with two attached hydrogens (primary N) is 1. The van der Waals surface area contributed by atoms with E-state index in [4.69, 9.17) is 29.8 Å². The Bertz CT molecular complexity index is 2980. The highest BCUT2D eigenvalue weighted by Crippen LogP contribution is 2.35. The van der Waals surface area contributed by atoms with Crippen molar-refractivity contribution in [2.24, 2.45) is 0 Å². The molecule has 2 atom stereocenters. The van der Waals surface area contributed by atoms with Crippen LogP contribution in [0.1, 0.15) is 58.5 Å². The Morgan fingerprint density at radius 2 is 1.44 bits per heavy atom. The number of benzene rings is 2. The Morgan fingerprint density at radius 3 is 1.93 bits per heavy atom. The van der Waals surface area contributed by atoms with Gasteiger partial charge < -0.3 is 40.0 Å². The van der Waals surface area contributed by atoms with E-state index in [0.717, 1.165) is 6.07 Å². The van der Waals surface area contributed by atoms with Crippen LogP contribution in [0, 0.1) is 0 Å². The maximum absolute atomic E-state index is 13.8. The van der Waals surface area contributed by atoms with Gasteiger partial charge in [0.05, 0.1) is 18.8 Å². The highest BCUT2D eigenvalue weighted by molar-refractivity contribution is 7.13. The number of aromatic nitrogens is 8. The molecule has 1 fully saturated rings. The smallest absolute Gasteiger partial charge is 0.339 e. The Balaban J connectivity index is 0.000000179. The number of aliphatic hydroxyl groups excluding tert-OH is 2. The van der Waals surface area contributed by atoms with E-state index in [1.165, 1.54) is 80.4 Å². The fourth-order valence-electron chi connectivity index (χ4n) is 6.38. The Morgan fingerprint density at radius 1 is 0.868 bits per heavy atom. The van der Waals surface area contributed by atoms with E-state index < -0.39 is 43.2 Å². The second kappa shape index (κ2) is 21.6. The van der Waals surface area contributed by atoms with Crippen LogP contribution in [0.3, 0.4) is 0 Å². The van der Waals surface area contributed by atoms with Crippen molar-refractivity contribution < 1.29 is 61.4 Å². The number of ether oxygens (including phenoxy) is 4. The molecule has 9 rings (SSSR count). The number of alkyl halides is 4. The molecule has 1 amide bonds. The molecule has 0 unspecified atom stereocenters. The van der Waals surface area contributed by atoms with Gasteiger partial charge in [-0.05, 0) is 74.5 Å². The number of hydrogen-bond donors (Lipinski definition) is 5. The number of halogens is 4. The molecular formula is C43H40F4N10O9S2. The molecule has 0 aliphatic carbocycles. The summed E-state index contributed by atoms with van der Waals surface area (Å²) in [7, 11) is 0. The Kier molecular flexibility index (Phi) is 15.5. The van der Waals surface area contributed by atoms with E-state index in [2.05, 4.69) is 35.5 Å². The van der Waals surface area contributed by atoms with Crippen LogP contribution in [0.25, 0.3) is 34.1 Å². The first kappa shape index (κ1) is 48.8. The number of nitrogens with zero attached hydrogens (tertiary/aromatic N) is 8. The van der Waals surface area contributed by atoms with Crippen LogP contribution >= 0.6 is 22.7 Å². The molecule has 6 aromatic heterocycles. The lowest BCUT2D eigenvalue weighted by atomic mass is 10.1. The third-order valence-electron chi connectivity index (χ3n) is 9.46. The lowest BCUT2D eigenvalue weighted by Gasteiger charge is -2.17. The minimum atomic E-state index is -2.85. The van der Waals surface area contributed by atoms with Gasteiger partial charge in [0.2, 0.25) is 0 Å². The second-order valence-corrected chi connectivity index (χ2v) is 16.5. The first-order valence-electron chi connectivity index (χ1n) is 20.1. The molecule has 0 radical (unpaired) electrons. The fraction of sp³-hybridized carbons (Fsp3) is 0.256. The summed E-state index contributed by atoms with van der Waals surface area (Å²) >= 11 is 2.70. The van der Waals surface area contributed by atoms with Crippen LogP contribution in [0.2, 0.25) is 0 Å². The number of carbonyl (C=O) groups excluding carboxylic acids is 1. The summed E-state index contributed by atoms with van der Waals surface area (Å²) in [6.45, 7) is 3.32. The first-order valence-corrected chi connectivity index (χ1v) is 21.9. The van der Waals surface area contributed by atoms with Gasteiger partial charge in [0.15, 0.2) is 39.0 Å². The number of nitrogen functional groups attached to an aromatic ring is 1. The minimum absolute atomic E-state index is 0.000161. The van der Waals surface area contributed by atoms with E-state index >= 15 is 0 Å². The second-order valence-electron chi connectivity index (χ2n) is 14.7. The molecule has 1 aliphatic rings. The number of aromatic carboxylic acids is 1. The number of thiazole rings is 2. The number of nitrogens with one attached hydrogen (secondary N) is 1. The third-order valence-corrected chi connectivity index (χ3v) is 10.8. The fourth-order valence-corrected chi connectivity index (χ4v) is 7.28. The predicted octanol–water partition coefficient (Wildman–Crippen LogP) is 7.06. The van der Waals surface area contributed by atoms with Crippen LogP contribution in [-0.2, 0) is 9.47 Å². The van der Waals surface area contributed by atoms with Gasteiger partial charge >= 0.3 is 5.97 Å². The molecule has 356 valence electrons. The predicted molar refractivity (Wildman–Crippen MR) is 239 cm³/mol. The zero-order chi connectivity index (χ0) is 48.5. The quantitative estimate of drug-likeness (QED) is 0.0683. The zero-order valence-corrected chi connectivity index (χ0v) is 37.3. The Labute approximate surface area is 390 Å². The van der Waals surface area contributed by atoms with E-state index in [-0.39, 0.29) is 87.1 Å². The summed E-state index contributed by atoms with van der Waals surface area (Å²) in [6, 6.07) is 14.2. The highest BCUT2D eigenvalue weighted by Gasteiger charge is 2.33. The maximum atomic E-state index is 13.8. The number of carboxylic acid groups (broad SMARTS) is 1. The zero-order valence-electron chi connectivity index (χ0n) is 35.6. The normalized spacial score (nSPS) is 14.6. The maximum Gasteiger partial charge on any atom is 0.339 e. The van der Waals surface area contributed by atoms with Crippen molar-refractivity contribution in [2.45, 2.75) is 44.7 Å². The molecule has 25 heteroatoms. The molecule has 7 heterocycles. The minimum Gasteiger partial charge on any atom is -0.491 e. The van der Waals surface area contributed by atoms with Crippen molar-refractivity contribution in [1.82, 2.24) is 39.2 Å². The molecule has 19 nitrogen and oxygen atoms in total. The number of carbonyl (C=O) groups is 2. The van der Waals surface area contributed by atoms with Gasteiger partial charge in [-0.1, -0.05) is 0 Å². The third kappa shape index (κ3) is 12.0. The molecule has 0 bridgehead atoms. The number of aliphatic hydroxyl groups is 2. The van der Waals surface area contributed by atoms with Gasteiger partial charge in [-0.25, -0.2) is 51.3 Å². The molecule has 1 aliphatic heterocycles. The van der Waals surface area contributed by atoms with Gasteiger partial charge in [0.1, 0.15) is 42.5 Å². The SMILES string of the molecule is CC1(C)OC[C@H](COc2ccc(-c3nc4c(C(=O)O)cccn4n3)c(C(F)F)c2)O1.Nc1nccs1.O=C(Nc1nccs1)c1cccn2nc(-c3ccc(OC[C@H](O)CO)cc3C(F)F)nc12. The van der Waals surface area contributed by atoms with Crippen LogP contribution in [0.4, 0.5) is 27.8 Å². The van der Waals surface area contributed by atoms with Crippen LogP contribution in [-0.4, -0.2) is 111 Å². The largest absolute Gasteiger partial charge is 0.491 e. The summed E-state index contributed by atoms with van der Waals surface area (Å²) in [5.41, 5.74) is 5.07. The lowest BCUT2D eigenvalue weighted by molar-refractivity contribution is -0.141. The Hall–Kier alpha value is -7.16. The number of carboxylic acids is 1. The monoisotopic (exact) mass is 980 g/mol. The first-order chi connectivity index (χ1) is 32.6. The average molecular weight is 981 g/mol. The number of amides is 1. The van der Waals surface area contributed by atoms with Gasteiger partial charge in [-0.15, -0.1) is 32.9 Å². The molecule has 2 aromatic carbocycles. The molecule has 1 saturated heterocycles. The molecule has 6 N–H and O–H groups in total.